The van der Waals surface area contributed by atoms with Gasteiger partial charge in [0.25, 0.3) is 0 Å². The largest absolute Gasteiger partial charge is 0.478 e. The van der Waals surface area contributed by atoms with Gasteiger partial charge in [-0.3, -0.25) is 0 Å². The zero-order valence-electron chi connectivity index (χ0n) is 10.0. The quantitative estimate of drug-likeness (QED) is 0.722. The van der Waals surface area contributed by atoms with Gasteiger partial charge >= 0.3 is 5.97 Å². The number of rotatable bonds is 3. The lowest BCUT2D eigenvalue weighted by Crippen LogP contribution is -2.28. The first-order valence-electron chi connectivity index (χ1n) is 5.91. The van der Waals surface area contributed by atoms with Crippen LogP contribution in [0.2, 0.25) is 0 Å². The van der Waals surface area contributed by atoms with Crippen LogP contribution in [0.4, 0.5) is 0 Å². The Morgan fingerprint density at radius 2 is 1.80 bits per heavy atom. The van der Waals surface area contributed by atoms with Crippen molar-refractivity contribution in [2.75, 3.05) is 0 Å². The molecule has 1 N–H and O–H groups in total. The second kappa shape index (κ2) is 4.82. The van der Waals surface area contributed by atoms with Gasteiger partial charge in [-0.05, 0) is 31.1 Å². The zero-order chi connectivity index (χ0) is 11.5. The molecule has 86 valence electrons. The number of hydrogen-bond acceptors (Lipinski definition) is 1. The van der Waals surface area contributed by atoms with Crippen LogP contribution in [0.15, 0.2) is 11.6 Å². The molecule has 1 aliphatic rings. The molecule has 0 aromatic carbocycles. The van der Waals surface area contributed by atoms with Gasteiger partial charge in [-0.1, -0.05) is 39.2 Å². The maximum absolute atomic E-state index is 10.9. The Kier molecular flexibility index (Phi) is 3.95. The molecule has 2 nitrogen and oxygen atoms in total. The highest BCUT2D eigenvalue weighted by Crippen LogP contribution is 2.44. The van der Waals surface area contributed by atoms with Gasteiger partial charge in [0.05, 0.1) is 0 Å². The van der Waals surface area contributed by atoms with Gasteiger partial charge in [-0.25, -0.2) is 4.79 Å². The molecule has 0 aromatic heterocycles. The van der Waals surface area contributed by atoms with Gasteiger partial charge in [0, 0.05) is 5.57 Å². The summed E-state index contributed by atoms with van der Waals surface area (Å²) in [5.41, 5.74) is 0.645. The minimum Gasteiger partial charge on any atom is -0.478 e. The maximum Gasteiger partial charge on any atom is 0.330 e. The first-order chi connectivity index (χ1) is 6.98. The summed E-state index contributed by atoms with van der Waals surface area (Å²) in [5, 5.41) is 8.94. The predicted octanol–water partition coefficient (Wildman–Crippen LogP) is 3.62. The number of aliphatic carboxylic acids is 1. The lowest BCUT2D eigenvalue weighted by Gasteiger charge is -2.39. The summed E-state index contributed by atoms with van der Waals surface area (Å²) in [4.78, 5) is 10.9. The van der Waals surface area contributed by atoms with E-state index in [1.165, 1.54) is 19.3 Å². The number of carbonyl (C=O) groups is 1. The van der Waals surface area contributed by atoms with Crippen molar-refractivity contribution in [3.63, 3.8) is 0 Å². The van der Waals surface area contributed by atoms with Gasteiger partial charge in [0.2, 0.25) is 0 Å². The molecule has 0 atom stereocenters. The van der Waals surface area contributed by atoms with E-state index in [1.807, 2.05) is 6.08 Å². The van der Waals surface area contributed by atoms with E-state index in [-0.39, 0.29) is 5.41 Å². The summed E-state index contributed by atoms with van der Waals surface area (Å²) in [6.45, 7) is 6.12. The molecule has 0 radical (unpaired) electrons. The zero-order valence-corrected chi connectivity index (χ0v) is 10.0. The van der Waals surface area contributed by atoms with E-state index in [9.17, 15) is 4.79 Å². The highest BCUT2D eigenvalue weighted by Gasteiger charge is 2.33. The van der Waals surface area contributed by atoms with Crippen molar-refractivity contribution in [3.8, 4) is 0 Å². The first kappa shape index (κ1) is 12.3. The van der Waals surface area contributed by atoms with Crippen molar-refractivity contribution in [1.82, 2.24) is 0 Å². The topological polar surface area (TPSA) is 37.3 Å². The fourth-order valence-electron chi connectivity index (χ4n) is 2.59. The van der Waals surface area contributed by atoms with Crippen LogP contribution in [0.3, 0.4) is 0 Å². The van der Waals surface area contributed by atoms with Crippen LogP contribution < -0.4 is 0 Å². The highest BCUT2D eigenvalue weighted by molar-refractivity contribution is 5.85. The molecule has 0 unspecified atom stereocenters. The monoisotopic (exact) mass is 210 g/mol. The lowest BCUT2D eigenvalue weighted by molar-refractivity contribution is -0.132. The van der Waals surface area contributed by atoms with Crippen LogP contribution in [0.1, 0.15) is 52.9 Å². The van der Waals surface area contributed by atoms with E-state index in [4.69, 9.17) is 5.11 Å². The number of carboxylic acid groups (broad SMARTS) is 1. The van der Waals surface area contributed by atoms with Crippen molar-refractivity contribution in [2.24, 2.45) is 11.3 Å². The van der Waals surface area contributed by atoms with Crippen molar-refractivity contribution in [1.29, 1.82) is 0 Å². The van der Waals surface area contributed by atoms with E-state index in [1.54, 1.807) is 6.92 Å². The van der Waals surface area contributed by atoms with E-state index >= 15 is 0 Å². The summed E-state index contributed by atoms with van der Waals surface area (Å²) in [6.07, 6.45) is 8.08. The lowest BCUT2D eigenvalue weighted by atomic mass is 9.66. The minimum absolute atomic E-state index is 0.140. The first-order valence-corrected chi connectivity index (χ1v) is 5.91. The summed E-state index contributed by atoms with van der Waals surface area (Å²) < 4.78 is 0. The average Bonchev–Trinajstić information content (AvgIpc) is 2.18. The number of carboxylic acids is 1. The third-order valence-corrected chi connectivity index (χ3v) is 3.78. The van der Waals surface area contributed by atoms with Gasteiger partial charge in [0.15, 0.2) is 0 Å². The fourth-order valence-corrected chi connectivity index (χ4v) is 2.59. The van der Waals surface area contributed by atoms with Crippen molar-refractivity contribution >= 4 is 5.97 Å². The summed E-state index contributed by atoms with van der Waals surface area (Å²) >= 11 is 0. The molecule has 0 saturated heterocycles. The fraction of sp³-hybridized carbons (Fsp3) is 0.769. The maximum atomic E-state index is 10.9. The average molecular weight is 210 g/mol. The van der Waals surface area contributed by atoms with Crippen LogP contribution in [-0.4, -0.2) is 11.1 Å². The third-order valence-electron chi connectivity index (χ3n) is 3.78. The van der Waals surface area contributed by atoms with Crippen molar-refractivity contribution in [2.45, 2.75) is 52.9 Å². The molecule has 1 rings (SSSR count). The summed E-state index contributed by atoms with van der Waals surface area (Å²) in [6, 6.07) is 0. The molecule has 0 aromatic rings. The molecular formula is C13H22O2. The minimum atomic E-state index is -0.777. The molecule has 0 heterocycles. The van der Waals surface area contributed by atoms with Crippen LogP contribution >= 0.6 is 0 Å². The Bertz CT molecular complexity index is 258. The SMILES string of the molecule is CC(=CC1(C(C)C)CCCCC1)C(=O)O. The van der Waals surface area contributed by atoms with Crippen LogP contribution in [0.25, 0.3) is 0 Å². The highest BCUT2D eigenvalue weighted by atomic mass is 16.4. The molecule has 1 fully saturated rings. The summed E-state index contributed by atoms with van der Waals surface area (Å²) in [7, 11) is 0. The molecule has 0 aliphatic heterocycles. The Hall–Kier alpha value is -0.790. The van der Waals surface area contributed by atoms with Crippen LogP contribution in [0, 0.1) is 11.3 Å². The number of hydrogen-bond donors (Lipinski definition) is 1. The van der Waals surface area contributed by atoms with E-state index in [0.717, 1.165) is 12.8 Å². The molecule has 1 saturated carbocycles. The number of allylic oxidation sites excluding steroid dienone is 1. The van der Waals surface area contributed by atoms with Crippen LogP contribution in [-0.2, 0) is 4.79 Å². The smallest absolute Gasteiger partial charge is 0.330 e. The van der Waals surface area contributed by atoms with E-state index < -0.39 is 5.97 Å². The molecule has 0 spiro atoms. The molecule has 15 heavy (non-hydrogen) atoms. The Balaban J connectivity index is 2.90. The van der Waals surface area contributed by atoms with Crippen LogP contribution in [0.5, 0.6) is 0 Å². The normalized spacial score (nSPS) is 21.7. The molecule has 2 heteroatoms. The Morgan fingerprint density at radius 1 is 1.27 bits per heavy atom. The van der Waals surface area contributed by atoms with Gasteiger partial charge in [-0.2, -0.15) is 0 Å². The molecule has 0 amide bonds. The molecular weight excluding hydrogens is 188 g/mol. The summed E-state index contributed by atoms with van der Waals surface area (Å²) in [5.74, 6) is -0.243. The second-order valence-corrected chi connectivity index (χ2v) is 5.08. The standard InChI is InChI=1S/C13H22O2/c1-10(2)13(7-5-4-6-8-13)9-11(3)12(14)15/h9-10H,4-8H2,1-3H3,(H,14,15). The van der Waals surface area contributed by atoms with E-state index in [2.05, 4.69) is 13.8 Å². The third kappa shape index (κ3) is 2.83. The van der Waals surface area contributed by atoms with Gasteiger partial charge in [-0.15, -0.1) is 0 Å². The van der Waals surface area contributed by atoms with Gasteiger partial charge < -0.3 is 5.11 Å². The predicted molar refractivity (Wildman–Crippen MR) is 61.7 cm³/mol. The molecule has 0 bridgehead atoms. The second-order valence-electron chi connectivity index (χ2n) is 5.08. The van der Waals surface area contributed by atoms with Crippen molar-refractivity contribution in [3.05, 3.63) is 11.6 Å². The molecule has 1 aliphatic carbocycles. The Morgan fingerprint density at radius 3 is 2.20 bits per heavy atom. The van der Waals surface area contributed by atoms with E-state index in [0.29, 0.717) is 11.5 Å². The Labute approximate surface area is 92.4 Å². The van der Waals surface area contributed by atoms with Gasteiger partial charge in [0.1, 0.15) is 0 Å². The van der Waals surface area contributed by atoms with Crippen molar-refractivity contribution < 1.29 is 9.90 Å².